The fraction of sp³-hybridized carbons (Fsp3) is 0.364. The van der Waals surface area contributed by atoms with Crippen LogP contribution in [0.2, 0.25) is 0 Å². The number of nitrogens with zero attached hydrogens (tertiary/aromatic N) is 2. The lowest BCUT2D eigenvalue weighted by atomic mass is 10.1. The average molecular weight is 429 g/mol. The second-order valence-electron chi connectivity index (χ2n) is 7.68. The topological polar surface area (TPSA) is 66.8 Å². The van der Waals surface area contributed by atoms with Crippen molar-refractivity contribution in [3.8, 4) is 0 Å². The lowest BCUT2D eigenvalue weighted by Crippen LogP contribution is -2.38. The van der Waals surface area contributed by atoms with Crippen LogP contribution in [0.3, 0.4) is 0 Å². The Kier molecular flexibility index (Phi) is 5.53. The van der Waals surface area contributed by atoms with E-state index in [1.165, 1.54) is 11.8 Å². The number of amidine groups is 1. The first-order valence-electron chi connectivity index (χ1n) is 9.72. The van der Waals surface area contributed by atoms with E-state index in [1.54, 1.807) is 0 Å². The quantitative estimate of drug-likeness (QED) is 0.745. The van der Waals surface area contributed by atoms with Gasteiger partial charge in [0.2, 0.25) is 5.91 Å². The van der Waals surface area contributed by atoms with Crippen molar-refractivity contribution in [1.82, 2.24) is 0 Å². The van der Waals surface area contributed by atoms with Crippen LogP contribution < -0.4 is 4.90 Å². The third kappa shape index (κ3) is 4.26. The predicted molar refractivity (Wildman–Crippen MR) is 119 cm³/mol. The Morgan fingerprint density at radius 3 is 2.45 bits per heavy atom. The van der Waals surface area contributed by atoms with Crippen LogP contribution in [0.4, 0.5) is 5.69 Å². The van der Waals surface area contributed by atoms with E-state index in [0.717, 1.165) is 22.4 Å². The van der Waals surface area contributed by atoms with E-state index in [-0.39, 0.29) is 28.7 Å². The maximum Gasteiger partial charge on any atom is 0.248 e. The van der Waals surface area contributed by atoms with Crippen LogP contribution >= 0.6 is 11.8 Å². The largest absolute Gasteiger partial charge is 0.315 e. The Morgan fingerprint density at radius 1 is 1.07 bits per heavy atom. The standard InChI is InChI=1S/C22H24N2O3S2/c1-15-7-6-8-16(2)21(15)24-18-13-29(26,27)14-19(18)28-22(24)23-20(25)12-11-17-9-4-3-5-10-17/h3-10,18-19H,11-14H2,1-2H3/t18-,19+/m1/s1. The Balaban J connectivity index is 1.63. The molecule has 0 radical (unpaired) electrons. The van der Waals surface area contributed by atoms with Crippen molar-refractivity contribution >= 4 is 38.4 Å². The van der Waals surface area contributed by atoms with Crippen molar-refractivity contribution in [1.29, 1.82) is 0 Å². The number of carbonyl (C=O) groups is 1. The zero-order valence-corrected chi connectivity index (χ0v) is 18.2. The highest BCUT2D eigenvalue weighted by Crippen LogP contribution is 2.43. The van der Waals surface area contributed by atoms with E-state index in [1.807, 2.05) is 67.3 Å². The van der Waals surface area contributed by atoms with Crippen LogP contribution in [0.15, 0.2) is 53.5 Å². The highest BCUT2D eigenvalue weighted by atomic mass is 32.2. The van der Waals surface area contributed by atoms with E-state index >= 15 is 0 Å². The molecule has 2 aliphatic heterocycles. The molecule has 2 saturated heterocycles. The molecule has 2 heterocycles. The number of rotatable bonds is 4. The molecular weight excluding hydrogens is 404 g/mol. The van der Waals surface area contributed by atoms with Gasteiger partial charge in [0.05, 0.1) is 17.5 Å². The SMILES string of the molecule is Cc1cccc(C)c1N1C(=NC(=O)CCc2ccccc2)S[C@H]2CS(=O)(=O)C[C@H]21. The van der Waals surface area contributed by atoms with Crippen LogP contribution in [0, 0.1) is 13.8 Å². The summed E-state index contributed by atoms with van der Waals surface area (Å²) >= 11 is 1.43. The fourth-order valence-electron chi connectivity index (χ4n) is 4.07. The van der Waals surface area contributed by atoms with Gasteiger partial charge in [-0.05, 0) is 37.0 Å². The second kappa shape index (κ2) is 7.95. The first-order valence-corrected chi connectivity index (χ1v) is 12.4. The van der Waals surface area contributed by atoms with E-state index in [0.29, 0.717) is 18.0 Å². The Hall–Kier alpha value is -2.12. The summed E-state index contributed by atoms with van der Waals surface area (Å²) in [6.07, 6.45) is 0.980. The van der Waals surface area contributed by atoms with Crippen LogP contribution in [-0.2, 0) is 21.1 Å². The molecule has 2 aliphatic rings. The van der Waals surface area contributed by atoms with Gasteiger partial charge in [-0.3, -0.25) is 4.79 Å². The van der Waals surface area contributed by atoms with E-state index in [9.17, 15) is 13.2 Å². The van der Waals surface area contributed by atoms with Gasteiger partial charge in [0.15, 0.2) is 15.0 Å². The molecule has 1 amide bonds. The van der Waals surface area contributed by atoms with Gasteiger partial charge < -0.3 is 4.90 Å². The highest BCUT2D eigenvalue weighted by molar-refractivity contribution is 8.16. The molecule has 2 aromatic rings. The van der Waals surface area contributed by atoms with Crippen LogP contribution in [0.5, 0.6) is 0 Å². The number of benzene rings is 2. The lowest BCUT2D eigenvalue weighted by molar-refractivity contribution is -0.117. The normalized spacial score (nSPS) is 24.1. The summed E-state index contributed by atoms with van der Waals surface area (Å²) < 4.78 is 24.5. The Bertz CT molecular complexity index is 1040. The molecule has 2 aromatic carbocycles. The fourth-order valence-corrected chi connectivity index (χ4v) is 7.99. The zero-order chi connectivity index (χ0) is 20.6. The van der Waals surface area contributed by atoms with E-state index in [4.69, 9.17) is 0 Å². The molecule has 0 saturated carbocycles. The van der Waals surface area contributed by atoms with Crippen LogP contribution in [0.1, 0.15) is 23.1 Å². The maximum atomic E-state index is 12.6. The molecule has 2 atom stereocenters. The summed E-state index contributed by atoms with van der Waals surface area (Å²) in [5, 5.41) is 0.546. The van der Waals surface area contributed by atoms with Gasteiger partial charge in [0.25, 0.3) is 0 Å². The number of thioether (sulfide) groups is 1. The van der Waals surface area contributed by atoms with Gasteiger partial charge in [-0.2, -0.15) is 4.99 Å². The van der Waals surface area contributed by atoms with Crippen molar-refractivity contribution in [3.63, 3.8) is 0 Å². The molecule has 0 bridgehead atoms. The number of anilines is 1. The Labute approximate surface area is 176 Å². The van der Waals surface area contributed by atoms with Gasteiger partial charge >= 0.3 is 0 Å². The number of aliphatic imine (C=N–C) groups is 1. The molecule has 0 spiro atoms. The molecule has 4 rings (SSSR count). The molecular formula is C22H24N2O3S2. The summed E-state index contributed by atoms with van der Waals surface area (Å²) in [5.41, 5.74) is 4.19. The van der Waals surface area contributed by atoms with Gasteiger partial charge in [-0.25, -0.2) is 8.42 Å². The van der Waals surface area contributed by atoms with Crippen molar-refractivity contribution < 1.29 is 13.2 Å². The third-order valence-corrected chi connectivity index (χ3v) is 8.65. The zero-order valence-electron chi connectivity index (χ0n) is 16.5. The molecule has 0 N–H and O–H groups in total. The number of fused-ring (bicyclic) bond motifs is 1. The van der Waals surface area contributed by atoms with Gasteiger partial charge in [-0.1, -0.05) is 60.3 Å². The second-order valence-corrected chi connectivity index (χ2v) is 11.0. The van der Waals surface area contributed by atoms with Crippen molar-refractivity contribution in [2.75, 3.05) is 16.4 Å². The van der Waals surface area contributed by atoms with Crippen molar-refractivity contribution in [2.24, 2.45) is 4.99 Å². The maximum absolute atomic E-state index is 12.6. The average Bonchev–Trinajstić information content (AvgIpc) is 3.13. The lowest BCUT2D eigenvalue weighted by Gasteiger charge is -2.28. The van der Waals surface area contributed by atoms with Gasteiger partial charge in [0.1, 0.15) is 0 Å². The number of aryl methyl sites for hydroxylation is 3. The summed E-state index contributed by atoms with van der Waals surface area (Å²) in [4.78, 5) is 19.1. The molecule has 152 valence electrons. The highest BCUT2D eigenvalue weighted by Gasteiger charge is 2.49. The first kappa shape index (κ1) is 20.2. The summed E-state index contributed by atoms with van der Waals surface area (Å²) in [7, 11) is -3.07. The first-order chi connectivity index (χ1) is 13.8. The van der Waals surface area contributed by atoms with E-state index < -0.39 is 9.84 Å². The van der Waals surface area contributed by atoms with Gasteiger partial charge in [-0.15, -0.1) is 0 Å². The summed E-state index contributed by atoms with van der Waals surface area (Å²) in [6, 6.07) is 15.7. The Morgan fingerprint density at radius 2 is 1.76 bits per heavy atom. The summed E-state index contributed by atoms with van der Waals surface area (Å²) in [6.45, 7) is 4.03. The number of sulfone groups is 1. The smallest absolute Gasteiger partial charge is 0.248 e. The minimum atomic E-state index is -3.07. The molecule has 5 nitrogen and oxygen atoms in total. The molecule has 2 fully saturated rings. The minimum absolute atomic E-state index is 0.0836. The third-order valence-electron chi connectivity index (χ3n) is 5.44. The van der Waals surface area contributed by atoms with Crippen molar-refractivity contribution in [2.45, 2.75) is 38.0 Å². The number of para-hydroxylation sites is 1. The van der Waals surface area contributed by atoms with Crippen LogP contribution in [0.25, 0.3) is 0 Å². The van der Waals surface area contributed by atoms with Crippen molar-refractivity contribution in [3.05, 3.63) is 65.2 Å². The number of hydrogen-bond donors (Lipinski definition) is 0. The minimum Gasteiger partial charge on any atom is -0.315 e. The number of amides is 1. The monoisotopic (exact) mass is 428 g/mol. The summed E-state index contributed by atoms with van der Waals surface area (Å²) in [5.74, 6) is 0.0758. The number of carbonyl (C=O) groups excluding carboxylic acids is 1. The number of hydrogen-bond acceptors (Lipinski definition) is 4. The molecule has 0 unspecified atom stereocenters. The van der Waals surface area contributed by atoms with E-state index in [2.05, 4.69) is 4.99 Å². The molecule has 0 aromatic heterocycles. The molecule has 0 aliphatic carbocycles. The van der Waals surface area contributed by atoms with Gasteiger partial charge in [0, 0.05) is 17.4 Å². The molecule has 29 heavy (non-hydrogen) atoms. The molecule has 7 heteroatoms. The van der Waals surface area contributed by atoms with Crippen LogP contribution in [-0.4, -0.2) is 42.3 Å². The predicted octanol–water partition coefficient (Wildman–Crippen LogP) is 3.54.